The Labute approximate surface area is 139 Å². The molecule has 2 rings (SSSR count). The molecule has 0 radical (unpaired) electrons. The van der Waals surface area contributed by atoms with Crippen LogP contribution >= 0.6 is 0 Å². The van der Waals surface area contributed by atoms with Crippen molar-refractivity contribution in [1.82, 2.24) is 0 Å². The van der Waals surface area contributed by atoms with Crippen molar-refractivity contribution in [2.45, 2.75) is 44.9 Å². The van der Waals surface area contributed by atoms with E-state index in [9.17, 15) is 21.6 Å². The molecule has 4 nitrogen and oxygen atoms in total. The molecule has 1 aromatic carbocycles. The third-order valence-corrected chi connectivity index (χ3v) is 4.84. The standard InChI is InChI=1S/C16H19F3O4S/c1-10(2)15-13(11(3)23-24(20,21)16(17,18)19)9-14(22-15)12-7-5-4-6-8-12/h4-8,10,14-15H,9H2,1-3H3/b13-11-/t14-,15-/m0/s1. The first-order chi connectivity index (χ1) is 11.0. The Morgan fingerprint density at radius 3 is 2.33 bits per heavy atom. The fourth-order valence-corrected chi connectivity index (χ4v) is 3.19. The average Bonchev–Trinajstić information content (AvgIpc) is 2.92. The van der Waals surface area contributed by atoms with E-state index in [4.69, 9.17) is 4.74 Å². The van der Waals surface area contributed by atoms with Gasteiger partial charge in [-0.05, 0) is 18.4 Å². The van der Waals surface area contributed by atoms with Gasteiger partial charge in [0.05, 0.1) is 12.2 Å². The molecule has 8 heteroatoms. The SMILES string of the molecule is C/C(OS(=O)(=O)C(F)(F)F)=C1\C[C@@H](c2ccccc2)O[C@H]1C(C)C. The highest BCUT2D eigenvalue weighted by Gasteiger charge is 2.49. The molecule has 0 N–H and O–H groups in total. The van der Waals surface area contributed by atoms with Crippen molar-refractivity contribution in [1.29, 1.82) is 0 Å². The van der Waals surface area contributed by atoms with Crippen LogP contribution in [0, 0.1) is 5.92 Å². The van der Waals surface area contributed by atoms with Gasteiger partial charge < -0.3 is 8.92 Å². The Kier molecular flexibility index (Phi) is 5.29. The summed E-state index contributed by atoms with van der Waals surface area (Å²) in [5, 5.41) is 0. The topological polar surface area (TPSA) is 52.6 Å². The molecule has 2 atom stereocenters. The smallest absolute Gasteiger partial charge is 0.381 e. The first-order valence-corrected chi connectivity index (χ1v) is 8.84. The van der Waals surface area contributed by atoms with Crippen LogP contribution in [0.1, 0.15) is 38.9 Å². The molecular weight excluding hydrogens is 345 g/mol. The second-order valence-corrected chi connectivity index (χ2v) is 7.51. The summed E-state index contributed by atoms with van der Waals surface area (Å²) in [4.78, 5) is 0. The third kappa shape index (κ3) is 3.92. The zero-order chi connectivity index (χ0) is 18.1. The van der Waals surface area contributed by atoms with Gasteiger partial charge in [0.15, 0.2) is 0 Å². The molecular formula is C16H19F3O4S. The number of rotatable bonds is 4. The molecule has 1 fully saturated rings. The zero-order valence-corrected chi connectivity index (χ0v) is 14.3. The summed E-state index contributed by atoms with van der Waals surface area (Å²) >= 11 is 0. The molecule has 1 heterocycles. The lowest BCUT2D eigenvalue weighted by Gasteiger charge is -2.19. The second-order valence-electron chi connectivity index (χ2n) is 5.97. The predicted molar refractivity (Wildman–Crippen MR) is 82.3 cm³/mol. The van der Waals surface area contributed by atoms with E-state index in [1.54, 1.807) is 0 Å². The first-order valence-electron chi connectivity index (χ1n) is 7.43. The van der Waals surface area contributed by atoms with Crippen LogP contribution in [-0.4, -0.2) is 20.0 Å². The summed E-state index contributed by atoms with van der Waals surface area (Å²) in [6.45, 7) is 4.93. The molecule has 1 aromatic rings. The molecule has 0 saturated carbocycles. The predicted octanol–water partition coefficient (Wildman–Crippen LogP) is 4.31. The number of alkyl halides is 3. The number of benzene rings is 1. The van der Waals surface area contributed by atoms with Crippen LogP contribution in [0.3, 0.4) is 0 Å². The number of halogens is 3. The summed E-state index contributed by atoms with van der Waals surface area (Å²) in [6, 6.07) is 9.23. The lowest BCUT2D eigenvalue weighted by molar-refractivity contribution is -0.0523. The van der Waals surface area contributed by atoms with Gasteiger partial charge in [-0.3, -0.25) is 0 Å². The molecule has 134 valence electrons. The minimum absolute atomic E-state index is 0.0409. The highest BCUT2D eigenvalue weighted by atomic mass is 32.2. The first kappa shape index (κ1) is 18.8. The van der Waals surface area contributed by atoms with Gasteiger partial charge in [-0.15, -0.1) is 0 Å². The molecule has 1 aliphatic rings. The molecule has 24 heavy (non-hydrogen) atoms. The maximum absolute atomic E-state index is 12.5. The number of hydrogen-bond acceptors (Lipinski definition) is 4. The van der Waals surface area contributed by atoms with Crippen molar-refractivity contribution in [3.63, 3.8) is 0 Å². The lowest BCUT2D eigenvalue weighted by atomic mass is 9.96. The van der Waals surface area contributed by atoms with Crippen LogP contribution in [0.5, 0.6) is 0 Å². The van der Waals surface area contributed by atoms with Crippen molar-refractivity contribution < 1.29 is 30.5 Å². The summed E-state index contributed by atoms with van der Waals surface area (Å²) in [7, 11) is -5.68. The molecule has 0 aromatic heterocycles. The van der Waals surface area contributed by atoms with Gasteiger partial charge in [0.2, 0.25) is 0 Å². The van der Waals surface area contributed by atoms with E-state index < -0.39 is 21.7 Å². The average molecular weight is 364 g/mol. The molecule has 1 aliphatic heterocycles. The van der Waals surface area contributed by atoms with Gasteiger partial charge >= 0.3 is 15.6 Å². The monoisotopic (exact) mass is 364 g/mol. The quantitative estimate of drug-likeness (QED) is 0.454. The largest absolute Gasteiger partial charge is 0.534 e. The third-order valence-electron chi connectivity index (χ3n) is 3.81. The van der Waals surface area contributed by atoms with Crippen molar-refractivity contribution in [3.8, 4) is 0 Å². The van der Waals surface area contributed by atoms with Crippen LogP contribution in [0.25, 0.3) is 0 Å². The van der Waals surface area contributed by atoms with Gasteiger partial charge in [-0.25, -0.2) is 0 Å². The van der Waals surface area contributed by atoms with Gasteiger partial charge in [0, 0.05) is 12.0 Å². The van der Waals surface area contributed by atoms with Crippen LogP contribution in [0.4, 0.5) is 13.2 Å². The van der Waals surface area contributed by atoms with Gasteiger partial charge in [0.1, 0.15) is 5.76 Å². The number of hydrogen-bond donors (Lipinski definition) is 0. The molecule has 0 bridgehead atoms. The number of ether oxygens (including phenoxy) is 1. The zero-order valence-electron chi connectivity index (χ0n) is 13.5. The highest BCUT2D eigenvalue weighted by Crippen LogP contribution is 2.41. The Hall–Kier alpha value is -1.54. The molecule has 0 aliphatic carbocycles. The van der Waals surface area contributed by atoms with Crippen molar-refractivity contribution in [3.05, 3.63) is 47.2 Å². The summed E-state index contributed by atoms with van der Waals surface area (Å²) in [5.74, 6) is -0.315. The lowest BCUT2D eigenvalue weighted by Crippen LogP contribution is -2.26. The minimum Gasteiger partial charge on any atom is -0.381 e. The highest BCUT2D eigenvalue weighted by molar-refractivity contribution is 7.87. The Morgan fingerprint density at radius 2 is 1.83 bits per heavy atom. The molecule has 0 amide bonds. The van der Waals surface area contributed by atoms with Gasteiger partial charge in [0.25, 0.3) is 0 Å². The van der Waals surface area contributed by atoms with E-state index in [1.165, 1.54) is 6.92 Å². The Bertz CT molecular complexity index is 709. The van der Waals surface area contributed by atoms with Crippen LogP contribution in [-0.2, 0) is 19.0 Å². The van der Waals surface area contributed by atoms with Gasteiger partial charge in [-0.1, -0.05) is 44.2 Å². The van der Waals surface area contributed by atoms with Crippen molar-refractivity contribution in [2.75, 3.05) is 0 Å². The molecule has 0 spiro atoms. The number of allylic oxidation sites excluding steroid dienone is 1. The summed E-state index contributed by atoms with van der Waals surface area (Å²) in [5.41, 5.74) is -4.14. The second kappa shape index (κ2) is 6.76. The fraction of sp³-hybridized carbons (Fsp3) is 0.500. The van der Waals surface area contributed by atoms with E-state index in [0.29, 0.717) is 5.57 Å². The van der Waals surface area contributed by atoms with Crippen LogP contribution in [0.15, 0.2) is 41.7 Å². The van der Waals surface area contributed by atoms with E-state index in [1.807, 2.05) is 44.2 Å². The van der Waals surface area contributed by atoms with E-state index in [2.05, 4.69) is 4.18 Å². The fourth-order valence-electron chi connectivity index (χ4n) is 2.66. The van der Waals surface area contributed by atoms with Crippen molar-refractivity contribution >= 4 is 10.1 Å². The summed E-state index contributed by atoms with van der Waals surface area (Å²) < 4.78 is 70.2. The maximum atomic E-state index is 12.5. The van der Waals surface area contributed by atoms with Crippen LogP contribution in [0.2, 0.25) is 0 Å². The summed E-state index contributed by atoms with van der Waals surface area (Å²) in [6.07, 6.45) is -0.564. The molecule has 0 unspecified atom stereocenters. The van der Waals surface area contributed by atoms with E-state index >= 15 is 0 Å². The van der Waals surface area contributed by atoms with Crippen molar-refractivity contribution in [2.24, 2.45) is 5.92 Å². The minimum atomic E-state index is -5.68. The van der Waals surface area contributed by atoms with E-state index in [0.717, 1.165) is 5.56 Å². The maximum Gasteiger partial charge on any atom is 0.534 e. The van der Waals surface area contributed by atoms with Gasteiger partial charge in [-0.2, -0.15) is 21.6 Å². The normalized spacial score (nSPS) is 24.3. The Morgan fingerprint density at radius 1 is 1.25 bits per heavy atom. The van der Waals surface area contributed by atoms with E-state index in [-0.39, 0.29) is 24.2 Å². The Balaban J connectivity index is 2.32. The van der Waals surface area contributed by atoms with Crippen LogP contribution < -0.4 is 0 Å². The molecule has 1 saturated heterocycles.